The van der Waals surface area contributed by atoms with Gasteiger partial charge in [-0.1, -0.05) is 6.07 Å². The summed E-state index contributed by atoms with van der Waals surface area (Å²) >= 11 is 0. The zero-order valence-corrected chi connectivity index (χ0v) is 15.0. The average molecular weight is 343 g/mol. The summed E-state index contributed by atoms with van der Waals surface area (Å²) in [5.74, 6) is 0.422. The number of carbonyl (C=O) groups is 1. The number of piperidine rings is 1. The molecule has 1 aromatic heterocycles. The van der Waals surface area contributed by atoms with Crippen molar-refractivity contribution in [1.82, 2.24) is 14.8 Å². The lowest BCUT2D eigenvalue weighted by Crippen LogP contribution is -2.54. The van der Waals surface area contributed by atoms with Gasteiger partial charge < -0.3 is 14.5 Å². The zero-order chi connectivity index (χ0) is 17.1. The third-order valence-corrected chi connectivity index (χ3v) is 6.24. The number of carbonyl (C=O) groups excluding carboxylic acids is 1. The maximum Gasteiger partial charge on any atom is 0.230 e. The van der Waals surface area contributed by atoms with Gasteiger partial charge in [-0.2, -0.15) is 0 Å². The molecule has 0 unspecified atom stereocenters. The lowest BCUT2D eigenvalue weighted by atomic mass is 9.77. The van der Waals surface area contributed by atoms with Gasteiger partial charge in [0.05, 0.1) is 5.41 Å². The molecule has 0 aromatic carbocycles. The molecule has 1 spiro atoms. The van der Waals surface area contributed by atoms with E-state index in [9.17, 15) is 4.79 Å². The van der Waals surface area contributed by atoms with E-state index in [0.29, 0.717) is 11.9 Å². The molecule has 1 aromatic rings. The molecule has 3 fully saturated rings. The van der Waals surface area contributed by atoms with Crippen molar-refractivity contribution < 1.29 is 9.53 Å². The van der Waals surface area contributed by atoms with Gasteiger partial charge >= 0.3 is 0 Å². The molecule has 4 rings (SSSR count). The highest BCUT2D eigenvalue weighted by atomic mass is 16.5. The number of pyridine rings is 1. The number of nitrogens with zero attached hydrogens (tertiary/aromatic N) is 3. The first-order valence-electron chi connectivity index (χ1n) is 9.78. The minimum atomic E-state index is -0.124. The summed E-state index contributed by atoms with van der Waals surface area (Å²) in [5, 5.41) is 0. The Kier molecular flexibility index (Phi) is 5.04. The number of aromatic nitrogens is 1. The Labute approximate surface area is 150 Å². The number of hydrogen-bond acceptors (Lipinski definition) is 4. The highest BCUT2D eigenvalue weighted by Crippen LogP contribution is 2.41. The number of ether oxygens (including phenoxy) is 1. The molecule has 3 aliphatic rings. The largest absolute Gasteiger partial charge is 0.381 e. The van der Waals surface area contributed by atoms with E-state index in [0.717, 1.165) is 83.6 Å². The van der Waals surface area contributed by atoms with E-state index in [2.05, 4.69) is 20.9 Å². The summed E-state index contributed by atoms with van der Waals surface area (Å²) in [7, 11) is 0. The summed E-state index contributed by atoms with van der Waals surface area (Å²) in [6.07, 6.45) is 8.07. The Hall–Kier alpha value is -1.46. The second kappa shape index (κ2) is 7.42. The fraction of sp³-hybridized carbons (Fsp3) is 0.700. The molecule has 0 N–H and O–H groups in total. The van der Waals surface area contributed by atoms with Gasteiger partial charge in [0, 0.05) is 57.2 Å². The summed E-state index contributed by atoms with van der Waals surface area (Å²) in [6, 6.07) is 6.50. The van der Waals surface area contributed by atoms with E-state index >= 15 is 0 Å². The molecule has 5 nitrogen and oxygen atoms in total. The van der Waals surface area contributed by atoms with Gasteiger partial charge in [0.1, 0.15) is 0 Å². The molecule has 1 atom stereocenters. The first-order chi connectivity index (χ1) is 12.3. The topological polar surface area (TPSA) is 45.7 Å². The second-order valence-corrected chi connectivity index (χ2v) is 7.82. The Morgan fingerprint density at radius 1 is 1.20 bits per heavy atom. The molecule has 0 bridgehead atoms. The van der Waals surface area contributed by atoms with E-state index in [-0.39, 0.29) is 5.41 Å². The smallest absolute Gasteiger partial charge is 0.230 e. The highest BCUT2D eigenvalue weighted by molar-refractivity contribution is 5.84. The Bertz CT molecular complexity index is 588. The van der Waals surface area contributed by atoms with Crippen LogP contribution in [0.2, 0.25) is 0 Å². The van der Waals surface area contributed by atoms with E-state index in [4.69, 9.17) is 4.74 Å². The van der Waals surface area contributed by atoms with Crippen LogP contribution in [0, 0.1) is 5.41 Å². The standard InChI is InChI=1S/C20H29N3O2/c24-19-20(8-3-11-23(19)18-6-14-25-15-7-18)9-13-22(16-20)12-5-17-4-1-2-10-21-17/h1-2,4,10,18H,3,5-9,11-16H2/t20-/m0/s1. The lowest BCUT2D eigenvalue weighted by Gasteiger charge is -2.44. The fourth-order valence-corrected chi connectivity index (χ4v) is 4.79. The summed E-state index contributed by atoms with van der Waals surface area (Å²) in [6.45, 7) is 5.52. The van der Waals surface area contributed by atoms with Crippen molar-refractivity contribution in [3.63, 3.8) is 0 Å². The van der Waals surface area contributed by atoms with Gasteiger partial charge in [0.2, 0.25) is 5.91 Å². The molecule has 0 saturated carbocycles. The molecule has 3 aliphatic heterocycles. The van der Waals surface area contributed by atoms with Crippen LogP contribution in [0.5, 0.6) is 0 Å². The highest BCUT2D eigenvalue weighted by Gasteiger charge is 2.49. The van der Waals surface area contributed by atoms with Gasteiger partial charge in [-0.3, -0.25) is 9.78 Å². The quantitative estimate of drug-likeness (QED) is 0.840. The van der Waals surface area contributed by atoms with Crippen LogP contribution in [-0.2, 0) is 16.0 Å². The van der Waals surface area contributed by atoms with Crippen molar-refractivity contribution in [3.8, 4) is 0 Å². The lowest BCUT2D eigenvalue weighted by molar-refractivity contribution is -0.150. The molecule has 0 radical (unpaired) electrons. The van der Waals surface area contributed by atoms with Gasteiger partial charge in [0.15, 0.2) is 0 Å². The Morgan fingerprint density at radius 3 is 2.88 bits per heavy atom. The van der Waals surface area contributed by atoms with Crippen molar-refractivity contribution >= 4 is 5.91 Å². The van der Waals surface area contributed by atoms with Crippen LogP contribution < -0.4 is 0 Å². The van der Waals surface area contributed by atoms with Crippen LogP contribution >= 0.6 is 0 Å². The summed E-state index contributed by atoms with van der Waals surface area (Å²) < 4.78 is 5.48. The minimum absolute atomic E-state index is 0.124. The van der Waals surface area contributed by atoms with Crippen LogP contribution in [0.4, 0.5) is 0 Å². The maximum absolute atomic E-state index is 13.3. The first-order valence-corrected chi connectivity index (χ1v) is 9.78. The average Bonchev–Trinajstić information content (AvgIpc) is 3.08. The third-order valence-electron chi connectivity index (χ3n) is 6.24. The fourth-order valence-electron chi connectivity index (χ4n) is 4.79. The number of rotatable bonds is 4. The molecular formula is C20H29N3O2. The molecule has 136 valence electrons. The normalized spacial score (nSPS) is 28.8. The summed E-state index contributed by atoms with van der Waals surface area (Å²) in [4.78, 5) is 22.4. The van der Waals surface area contributed by atoms with Crippen molar-refractivity contribution in [3.05, 3.63) is 30.1 Å². The van der Waals surface area contributed by atoms with Gasteiger partial charge in [0.25, 0.3) is 0 Å². The van der Waals surface area contributed by atoms with Crippen LogP contribution in [0.3, 0.4) is 0 Å². The predicted octanol–water partition coefficient (Wildman–Crippen LogP) is 2.12. The van der Waals surface area contributed by atoms with Gasteiger partial charge in [-0.15, -0.1) is 0 Å². The monoisotopic (exact) mass is 343 g/mol. The molecule has 25 heavy (non-hydrogen) atoms. The molecule has 1 amide bonds. The van der Waals surface area contributed by atoms with E-state index in [1.54, 1.807) is 0 Å². The molecule has 4 heterocycles. The maximum atomic E-state index is 13.3. The van der Waals surface area contributed by atoms with Crippen molar-refractivity contribution in [1.29, 1.82) is 0 Å². The van der Waals surface area contributed by atoms with Crippen LogP contribution in [0.15, 0.2) is 24.4 Å². The van der Waals surface area contributed by atoms with E-state index in [1.165, 1.54) is 0 Å². The number of amides is 1. The van der Waals surface area contributed by atoms with Gasteiger partial charge in [-0.05, 0) is 50.8 Å². The second-order valence-electron chi connectivity index (χ2n) is 7.82. The van der Waals surface area contributed by atoms with Crippen LogP contribution in [-0.4, -0.2) is 66.1 Å². The van der Waals surface area contributed by atoms with E-state index in [1.807, 2.05) is 18.3 Å². The SMILES string of the molecule is O=C1N(C2CCOCC2)CCC[C@@]12CCN(CCc1ccccn1)C2. The number of likely N-dealkylation sites (tertiary alicyclic amines) is 2. The third kappa shape index (κ3) is 3.58. The predicted molar refractivity (Wildman–Crippen MR) is 96.2 cm³/mol. The molecule has 3 saturated heterocycles. The Morgan fingerprint density at radius 2 is 2.08 bits per heavy atom. The number of hydrogen-bond donors (Lipinski definition) is 0. The van der Waals surface area contributed by atoms with Crippen LogP contribution in [0.25, 0.3) is 0 Å². The van der Waals surface area contributed by atoms with Crippen molar-refractivity contribution in [2.75, 3.05) is 39.4 Å². The minimum Gasteiger partial charge on any atom is -0.381 e. The van der Waals surface area contributed by atoms with Crippen molar-refractivity contribution in [2.45, 2.75) is 44.6 Å². The van der Waals surface area contributed by atoms with Gasteiger partial charge in [-0.25, -0.2) is 0 Å². The molecule has 5 heteroatoms. The van der Waals surface area contributed by atoms with Crippen LogP contribution in [0.1, 0.15) is 37.8 Å². The first kappa shape index (κ1) is 17.0. The molecular weight excluding hydrogens is 314 g/mol. The Balaban J connectivity index is 1.37. The van der Waals surface area contributed by atoms with E-state index < -0.39 is 0 Å². The zero-order valence-electron chi connectivity index (χ0n) is 15.0. The molecule has 0 aliphatic carbocycles. The van der Waals surface area contributed by atoms with Crippen molar-refractivity contribution in [2.24, 2.45) is 5.41 Å². The summed E-state index contributed by atoms with van der Waals surface area (Å²) in [5.41, 5.74) is 1.02.